The van der Waals surface area contributed by atoms with Crippen molar-refractivity contribution in [2.24, 2.45) is 0 Å². The van der Waals surface area contributed by atoms with Crippen LogP contribution in [0, 0.1) is 20.8 Å². The quantitative estimate of drug-likeness (QED) is 0.807. The van der Waals surface area contributed by atoms with E-state index < -0.39 is 0 Å². The molecule has 2 aromatic carbocycles. The molecule has 0 saturated carbocycles. The number of hydrogen-bond acceptors (Lipinski definition) is 3. The summed E-state index contributed by atoms with van der Waals surface area (Å²) in [5, 5.41) is 19.6. The molecule has 0 fully saturated rings. The Bertz CT molecular complexity index is 630. The zero-order valence-electron chi connectivity index (χ0n) is 11.6. The average Bonchev–Trinajstić information content (AvgIpc) is 2.40. The Balaban J connectivity index is 2.76. The van der Waals surface area contributed by atoms with Crippen molar-refractivity contribution in [3.05, 3.63) is 41.0 Å². The summed E-state index contributed by atoms with van der Waals surface area (Å²) in [5.41, 5.74) is 4.76. The highest BCUT2D eigenvalue weighted by Gasteiger charge is 2.15. The van der Waals surface area contributed by atoms with Gasteiger partial charge in [-0.2, -0.15) is 0 Å². The number of ether oxygens (including phenoxy) is 1. The number of rotatable bonds is 2. The fourth-order valence-corrected chi connectivity index (χ4v) is 2.26. The second-order valence-electron chi connectivity index (χ2n) is 4.67. The van der Waals surface area contributed by atoms with Crippen molar-refractivity contribution in [2.75, 3.05) is 7.11 Å². The Hall–Kier alpha value is -2.16. The first-order chi connectivity index (χ1) is 8.97. The van der Waals surface area contributed by atoms with E-state index in [1.54, 1.807) is 19.2 Å². The summed E-state index contributed by atoms with van der Waals surface area (Å²) in [7, 11) is 1.63. The normalized spacial score (nSPS) is 10.5. The molecule has 0 aromatic heterocycles. The first kappa shape index (κ1) is 13.3. The highest BCUT2D eigenvalue weighted by atomic mass is 16.5. The van der Waals surface area contributed by atoms with Gasteiger partial charge in [-0.1, -0.05) is 12.1 Å². The summed E-state index contributed by atoms with van der Waals surface area (Å²) in [5.74, 6) is 0.561. The molecule has 0 aliphatic heterocycles. The maximum absolute atomic E-state index is 10.0. The van der Waals surface area contributed by atoms with Crippen molar-refractivity contribution < 1.29 is 14.9 Å². The zero-order chi connectivity index (χ0) is 14.2. The summed E-state index contributed by atoms with van der Waals surface area (Å²) in [6.07, 6.45) is 0. The minimum absolute atomic E-state index is 0.101. The van der Waals surface area contributed by atoms with Crippen LogP contribution in [-0.2, 0) is 0 Å². The van der Waals surface area contributed by atoms with E-state index in [9.17, 15) is 10.2 Å². The number of benzene rings is 2. The summed E-state index contributed by atoms with van der Waals surface area (Å²) in [6.45, 7) is 6.03. The molecule has 0 aliphatic rings. The largest absolute Gasteiger partial charge is 0.504 e. The Kier molecular flexibility index (Phi) is 3.38. The van der Waals surface area contributed by atoms with Crippen LogP contribution in [0.25, 0.3) is 11.1 Å². The molecule has 0 atom stereocenters. The third-order valence-corrected chi connectivity index (χ3v) is 3.70. The van der Waals surface area contributed by atoms with E-state index in [0.717, 1.165) is 28.0 Å². The van der Waals surface area contributed by atoms with Gasteiger partial charge in [-0.25, -0.2) is 0 Å². The van der Waals surface area contributed by atoms with E-state index in [-0.39, 0.29) is 11.5 Å². The third kappa shape index (κ3) is 2.12. The van der Waals surface area contributed by atoms with Crippen LogP contribution in [0.1, 0.15) is 16.7 Å². The molecule has 0 bridgehead atoms. The predicted molar refractivity (Wildman–Crippen MR) is 76.0 cm³/mol. The van der Waals surface area contributed by atoms with Gasteiger partial charge in [-0.3, -0.25) is 0 Å². The maximum Gasteiger partial charge on any atom is 0.165 e. The first-order valence-electron chi connectivity index (χ1n) is 6.13. The highest BCUT2D eigenvalue weighted by molar-refractivity contribution is 5.78. The van der Waals surface area contributed by atoms with Crippen LogP contribution >= 0.6 is 0 Å². The van der Waals surface area contributed by atoms with Gasteiger partial charge in [0.05, 0.1) is 7.11 Å². The Morgan fingerprint density at radius 1 is 0.895 bits per heavy atom. The van der Waals surface area contributed by atoms with E-state index in [0.29, 0.717) is 5.56 Å². The smallest absolute Gasteiger partial charge is 0.165 e. The number of methoxy groups -OCH3 is 1. The molecule has 0 heterocycles. The standard InChI is InChI=1S/C16H18O3/c1-9-10(2)13(8-15(19-4)11(9)3)12-6-5-7-14(17)16(12)18/h5-8,17-18H,1-4H3. The van der Waals surface area contributed by atoms with Gasteiger partial charge < -0.3 is 14.9 Å². The van der Waals surface area contributed by atoms with Gasteiger partial charge in [-0.15, -0.1) is 0 Å². The lowest BCUT2D eigenvalue weighted by atomic mass is 9.92. The van der Waals surface area contributed by atoms with Crippen LogP contribution in [0.15, 0.2) is 24.3 Å². The Morgan fingerprint density at radius 2 is 1.58 bits per heavy atom. The molecular weight excluding hydrogens is 240 g/mol. The van der Waals surface area contributed by atoms with Crippen molar-refractivity contribution in [2.45, 2.75) is 20.8 Å². The maximum atomic E-state index is 10.0. The fourth-order valence-electron chi connectivity index (χ4n) is 2.26. The van der Waals surface area contributed by atoms with E-state index in [1.165, 1.54) is 6.07 Å². The monoisotopic (exact) mass is 258 g/mol. The lowest BCUT2D eigenvalue weighted by molar-refractivity contribution is 0.404. The van der Waals surface area contributed by atoms with Gasteiger partial charge in [0.2, 0.25) is 0 Å². The lowest BCUT2D eigenvalue weighted by Gasteiger charge is -2.16. The second kappa shape index (κ2) is 4.84. The van der Waals surface area contributed by atoms with E-state index in [2.05, 4.69) is 0 Å². The van der Waals surface area contributed by atoms with E-state index in [1.807, 2.05) is 26.8 Å². The van der Waals surface area contributed by atoms with Crippen LogP contribution < -0.4 is 4.74 Å². The molecule has 0 aliphatic carbocycles. The highest BCUT2D eigenvalue weighted by Crippen LogP contribution is 2.40. The second-order valence-corrected chi connectivity index (χ2v) is 4.67. The number of phenols is 2. The van der Waals surface area contributed by atoms with E-state index in [4.69, 9.17) is 4.74 Å². The number of phenolic OH excluding ortho intramolecular Hbond substituents is 2. The molecule has 2 rings (SSSR count). The third-order valence-electron chi connectivity index (χ3n) is 3.70. The average molecular weight is 258 g/mol. The van der Waals surface area contributed by atoms with Crippen LogP contribution in [0.3, 0.4) is 0 Å². The fraction of sp³-hybridized carbons (Fsp3) is 0.250. The van der Waals surface area contributed by atoms with Crippen molar-refractivity contribution in [1.82, 2.24) is 0 Å². The van der Waals surface area contributed by atoms with Crippen molar-refractivity contribution >= 4 is 0 Å². The van der Waals surface area contributed by atoms with E-state index >= 15 is 0 Å². The van der Waals surface area contributed by atoms with Gasteiger partial charge >= 0.3 is 0 Å². The molecule has 3 nitrogen and oxygen atoms in total. The molecule has 0 saturated heterocycles. The Labute approximate surface area is 113 Å². The number of aromatic hydroxyl groups is 2. The summed E-state index contributed by atoms with van der Waals surface area (Å²) in [6, 6.07) is 6.86. The van der Waals surface area contributed by atoms with Gasteiger partial charge in [0, 0.05) is 5.56 Å². The van der Waals surface area contributed by atoms with Gasteiger partial charge in [0.15, 0.2) is 11.5 Å². The number of hydrogen-bond donors (Lipinski definition) is 2. The van der Waals surface area contributed by atoms with Crippen molar-refractivity contribution in [1.29, 1.82) is 0 Å². The SMILES string of the molecule is COc1cc(-c2cccc(O)c2O)c(C)c(C)c1C. The zero-order valence-corrected chi connectivity index (χ0v) is 11.6. The molecule has 0 amide bonds. The molecule has 19 heavy (non-hydrogen) atoms. The molecule has 3 heteroatoms. The van der Waals surface area contributed by atoms with Crippen LogP contribution in [0.2, 0.25) is 0 Å². The Morgan fingerprint density at radius 3 is 2.21 bits per heavy atom. The molecule has 0 radical (unpaired) electrons. The van der Waals surface area contributed by atoms with Crippen LogP contribution in [0.4, 0.5) is 0 Å². The minimum Gasteiger partial charge on any atom is -0.504 e. The van der Waals surface area contributed by atoms with Gasteiger partial charge in [-0.05, 0) is 55.2 Å². The minimum atomic E-state index is -0.117. The molecule has 2 N–H and O–H groups in total. The molecular formula is C16H18O3. The molecule has 100 valence electrons. The topological polar surface area (TPSA) is 49.7 Å². The summed E-state index contributed by atoms with van der Waals surface area (Å²) >= 11 is 0. The first-order valence-corrected chi connectivity index (χ1v) is 6.13. The van der Waals surface area contributed by atoms with Gasteiger partial charge in [0.1, 0.15) is 5.75 Å². The van der Waals surface area contributed by atoms with Crippen molar-refractivity contribution in [3.8, 4) is 28.4 Å². The summed E-state index contributed by atoms with van der Waals surface area (Å²) in [4.78, 5) is 0. The molecule has 2 aromatic rings. The summed E-state index contributed by atoms with van der Waals surface area (Å²) < 4.78 is 5.37. The lowest BCUT2D eigenvalue weighted by Crippen LogP contribution is -1.96. The van der Waals surface area contributed by atoms with Crippen molar-refractivity contribution in [3.63, 3.8) is 0 Å². The molecule has 0 unspecified atom stereocenters. The van der Waals surface area contributed by atoms with Crippen LogP contribution in [0.5, 0.6) is 17.2 Å². The van der Waals surface area contributed by atoms with Gasteiger partial charge in [0.25, 0.3) is 0 Å². The predicted octanol–water partition coefficient (Wildman–Crippen LogP) is 3.70. The van der Waals surface area contributed by atoms with Crippen LogP contribution in [-0.4, -0.2) is 17.3 Å². The number of para-hydroxylation sites is 1. The molecule has 0 spiro atoms.